The number of hydrogen-bond donors (Lipinski definition) is 1. The van der Waals surface area contributed by atoms with Crippen molar-refractivity contribution in [3.63, 3.8) is 0 Å². The number of carbonyl (C=O) groups is 2. The molecule has 0 aromatic heterocycles. The van der Waals surface area contributed by atoms with Gasteiger partial charge < -0.3 is 10.0 Å². The Labute approximate surface area is 88.6 Å². The van der Waals surface area contributed by atoms with Crippen molar-refractivity contribution in [3.8, 4) is 12.3 Å². The van der Waals surface area contributed by atoms with Crippen LogP contribution in [0.3, 0.4) is 0 Å². The molecule has 1 amide bonds. The molecule has 2 unspecified atom stereocenters. The minimum absolute atomic E-state index is 0.163. The van der Waals surface area contributed by atoms with Crippen molar-refractivity contribution in [2.75, 3.05) is 6.54 Å². The van der Waals surface area contributed by atoms with Gasteiger partial charge in [0.2, 0.25) is 5.91 Å². The maximum Gasteiger partial charge on any atom is 0.326 e. The quantitative estimate of drug-likeness (QED) is 0.539. The average molecular weight is 207 g/mol. The summed E-state index contributed by atoms with van der Waals surface area (Å²) in [6.07, 6.45) is 7.20. The molecule has 0 bridgehead atoms. The Balaban J connectivity index is 2.77. The minimum atomic E-state index is -1.01. The molecule has 1 rings (SSSR count). The second-order valence-corrected chi connectivity index (χ2v) is 3.49. The molecule has 2 atom stereocenters. The first-order chi connectivity index (χ1) is 7.10. The molecule has 1 N–H and O–H groups in total. The smallest absolute Gasteiger partial charge is 0.326 e. The first kappa shape index (κ1) is 11.3. The maximum absolute atomic E-state index is 11.5. The van der Waals surface area contributed by atoms with Crippen molar-refractivity contribution in [1.82, 2.24) is 4.90 Å². The van der Waals surface area contributed by atoms with Crippen LogP contribution in [-0.4, -0.2) is 34.5 Å². The van der Waals surface area contributed by atoms with Gasteiger partial charge in [-0.3, -0.25) is 4.79 Å². The van der Waals surface area contributed by atoms with Crippen LogP contribution in [0.5, 0.6) is 0 Å². The number of nitrogens with zero attached hydrogens (tertiary/aromatic N) is 1. The zero-order chi connectivity index (χ0) is 11.4. The van der Waals surface area contributed by atoms with Crippen LogP contribution >= 0.6 is 0 Å². The van der Waals surface area contributed by atoms with E-state index < -0.39 is 12.0 Å². The minimum Gasteiger partial charge on any atom is -0.480 e. The molecule has 4 heteroatoms. The van der Waals surface area contributed by atoms with E-state index in [9.17, 15) is 9.59 Å². The molecule has 0 spiro atoms. The summed E-state index contributed by atoms with van der Waals surface area (Å²) >= 11 is 0. The summed E-state index contributed by atoms with van der Waals surface area (Å²) in [6.45, 7) is 3.81. The van der Waals surface area contributed by atoms with Crippen molar-refractivity contribution < 1.29 is 14.7 Å². The van der Waals surface area contributed by atoms with Crippen LogP contribution in [0, 0.1) is 18.3 Å². The third kappa shape index (κ3) is 2.38. The maximum atomic E-state index is 11.5. The van der Waals surface area contributed by atoms with E-state index in [-0.39, 0.29) is 24.7 Å². The fourth-order valence-electron chi connectivity index (χ4n) is 1.66. The van der Waals surface area contributed by atoms with Gasteiger partial charge in [0.05, 0.1) is 0 Å². The molecule has 80 valence electrons. The highest BCUT2D eigenvalue weighted by molar-refractivity contribution is 5.85. The van der Waals surface area contributed by atoms with E-state index in [1.54, 1.807) is 0 Å². The highest BCUT2D eigenvalue weighted by Crippen LogP contribution is 2.21. The van der Waals surface area contributed by atoms with Crippen LogP contribution in [0.25, 0.3) is 0 Å². The van der Waals surface area contributed by atoms with Gasteiger partial charge in [0, 0.05) is 18.9 Å². The Morgan fingerprint density at radius 3 is 2.93 bits per heavy atom. The van der Waals surface area contributed by atoms with Gasteiger partial charge in [0.15, 0.2) is 0 Å². The first-order valence-electron chi connectivity index (χ1n) is 4.69. The van der Waals surface area contributed by atoms with Crippen LogP contribution in [0.1, 0.15) is 12.8 Å². The largest absolute Gasteiger partial charge is 0.480 e. The molecule has 1 saturated heterocycles. The van der Waals surface area contributed by atoms with Crippen molar-refractivity contribution >= 4 is 11.9 Å². The predicted molar refractivity (Wildman–Crippen MR) is 54.9 cm³/mol. The van der Waals surface area contributed by atoms with Crippen LogP contribution in [0.2, 0.25) is 0 Å². The van der Waals surface area contributed by atoms with Crippen molar-refractivity contribution in [3.05, 3.63) is 12.7 Å². The van der Waals surface area contributed by atoms with E-state index in [1.807, 2.05) is 0 Å². The molecule has 0 aromatic rings. The van der Waals surface area contributed by atoms with Crippen LogP contribution < -0.4 is 0 Å². The summed E-state index contributed by atoms with van der Waals surface area (Å²) in [5.41, 5.74) is 0. The molecule has 4 nitrogen and oxygen atoms in total. The number of hydrogen-bond acceptors (Lipinski definition) is 2. The van der Waals surface area contributed by atoms with E-state index in [0.717, 1.165) is 0 Å². The van der Waals surface area contributed by atoms with E-state index in [0.29, 0.717) is 6.54 Å². The van der Waals surface area contributed by atoms with Crippen molar-refractivity contribution in [1.29, 1.82) is 0 Å². The van der Waals surface area contributed by atoms with Crippen molar-refractivity contribution in [2.24, 2.45) is 5.92 Å². The van der Waals surface area contributed by atoms with E-state index in [1.165, 1.54) is 11.0 Å². The average Bonchev–Trinajstić information content (AvgIpc) is 2.55. The number of carbonyl (C=O) groups excluding carboxylic acids is 1. The number of carboxylic acid groups (broad SMARTS) is 1. The Morgan fingerprint density at radius 2 is 2.53 bits per heavy atom. The molecule has 0 radical (unpaired) electrons. The Morgan fingerprint density at radius 1 is 1.87 bits per heavy atom. The third-order valence-electron chi connectivity index (χ3n) is 2.45. The topological polar surface area (TPSA) is 57.6 Å². The zero-order valence-corrected chi connectivity index (χ0v) is 8.35. The van der Waals surface area contributed by atoms with Crippen LogP contribution in [-0.2, 0) is 9.59 Å². The van der Waals surface area contributed by atoms with Gasteiger partial charge >= 0.3 is 5.97 Å². The monoisotopic (exact) mass is 207 g/mol. The summed E-state index contributed by atoms with van der Waals surface area (Å²) in [6, 6.07) is -0.826. The zero-order valence-electron chi connectivity index (χ0n) is 8.35. The lowest BCUT2D eigenvalue weighted by Crippen LogP contribution is -2.41. The fraction of sp³-hybridized carbons (Fsp3) is 0.455. The Bertz CT molecular complexity index is 329. The van der Waals surface area contributed by atoms with Gasteiger partial charge in [-0.2, -0.15) is 0 Å². The molecule has 0 aliphatic carbocycles. The predicted octanol–water partition coefficient (Wildman–Crippen LogP) is 0.497. The van der Waals surface area contributed by atoms with Crippen LogP contribution in [0.15, 0.2) is 12.7 Å². The molecule has 1 aliphatic heterocycles. The molecule has 1 heterocycles. The highest BCUT2D eigenvalue weighted by Gasteiger charge is 2.36. The normalized spacial score (nSPS) is 22.2. The second kappa shape index (κ2) is 4.65. The Kier molecular flexibility index (Phi) is 3.51. The van der Waals surface area contributed by atoms with Gasteiger partial charge in [-0.1, -0.05) is 6.08 Å². The van der Waals surface area contributed by atoms with E-state index >= 15 is 0 Å². The first-order valence-corrected chi connectivity index (χ1v) is 4.69. The number of terminal acetylenes is 1. The number of likely N-dealkylation sites (tertiary alicyclic amines) is 1. The third-order valence-corrected chi connectivity index (χ3v) is 2.45. The lowest BCUT2D eigenvalue weighted by molar-refractivity contribution is -0.148. The van der Waals surface area contributed by atoms with Crippen molar-refractivity contribution in [2.45, 2.75) is 18.9 Å². The summed E-state index contributed by atoms with van der Waals surface area (Å²) in [5, 5.41) is 8.95. The standard InChI is InChI=1S/C11H13NO3/c1-3-5-9(11(14)15)12-7-8(4-2)6-10(12)13/h2-3,8-9H,1,5-7H2,(H,14,15). The number of rotatable bonds is 4. The molecule has 0 aromatic carbocycles. The van der Waals surface area contributed by atoms with Gasteiger partial charge in [0.25, 0.3) is 0 Å². The summed E-state index contributed by atoms with van der Waals surface area (Å²) in [5.74, 6) is 1.12. The van der Waals surface area contributed by atoms with E-state index in [4.69, 9.17) is 11.5 Å². The Hall–Kier alpha value is -1.76. The van der Waals surface area contributed by atoms with Gasteiger partial charge in [-0.15, -0.1) is 18.9 Å². The summed E-state index contributed by atoms with van der Waals surface area (Å²) in [7, 11) is 0. The second-order valence-electron chi connectivity index (χ2n) is 3.49. The molecular formula is C11H13NO3. The lowest BCUT2D eigenvalue weighted by Gasteiger charge is -2.23. The van der Waals surface area contributed by atoms with Crippen LogP contribution in [0.4, 0.5) is 0 Å². The SMILES string of the molecule is C#CC1CC(=O)N(C(CC=C)C(=O)O)C1. The number of aliphatic carboxylic acids is 1. The van der Waals surface area contributed by atoms with Gasteiger partial charge in [0.1, 0.15) is 6.04 Å². The van der Waals surface area contributed by atoms with E-state index in [2.05, 4.69) is 12.5 Å². The fourth-order valence-corrected chi connectivity index (χ4v) is 1.66. The molecule has 15 heavy (non-hydrogen) atoms. The molecular weight excluding hydrogens is 194 g/mol. The summed E-state index contributed by atoms with van der Waals surface area (Å²) in [4.78, 5) is 23.7. The number of amides is 1. The summed E-state index contributed by atoms with van der Waals surface area (Å²) < 4.78 is 0. The molecule has 1 fully saturated rings. The van der Waals surface area contributed by atoms with Gasteiger partial charge in [-0.25, -0.2) is 4.79 Å². The van der Waals surface area contributed by atoms with Gasteiger partial charge in [-0.05, 0) is 6.42 Å². The lowest BCUT2D eigenvalue weighted by atomic mass is 10.1. The highest BCUT2D eigenvalue weighted by atomic mass is 16.4. The molecule has 0 saturated carbocycles. The molecule has 1 aliphatic rings. The number of carboxylic acids is 1.